The van der Waals surface area contributed by atoms with Crippen molar-refractivity contribution in [2.45, 2.75) is 6.42 Å². The van der Waals surface area contributed by atoms with Crippen molar-refractivity contribution >= 4 is 45.6 Å². The molecule has 2 amide bonds. The predicted molar refractivity (Wildman–Crippen MR) is 119 cm³/mol. The summed E-state index contributed by atoms with van der Waals surface area (Å²) in [6.45, 7) is 0.213. The van der Waals surface area contributed by atoms with Crippen LogP contribution in [0, 0.1) is 5.92 Å². The standard InChI is InChI=1S/C21H19ClN4O4S/c1-29-17-8-18(30-2)16(7-14(17)22)26-10-13(6-19(26)27)20(28)25-21-24-15(11-31-21)12-4-3-5-23-9-12/h3-5,7-9,11,13H,6,10H2,1-2H3,(H,24,25,28)/t13-/m0/s1. The van der Waals surface area contributed by atoms with Crippen molar-refractivity contribution in [3.8, 4) is 22.8 Å². The fourth-order valence-electron chi connectivity index (χ4n) is 3.36. The molecule has 0 bridgehead atoms. The van der Waals surface area contributed by atoms with Crippen molar-refractivity contribution in [2.24, 2.45) is 5.92 Å². The quantitative estimate of drug-likeness (QED) is 0.602. The Bertz CT molecular complexity index is 1120. The van der Waals surface area contributed by atoms with Gasteiger partial charge in [0.25, 0.3) is 0 Å². The fourth-order valence-corrected chi connectivity index (χ4v) is 4.31. The first-order valence-electron chi connectivity index (χ1n) is 9.38. The van der Waals surface area contributed by atoms with E-state index in [0.29, 0.717) is 27.3 Å². The van der Waals surface area contributed by atoms with Crippen LogP contribution in [-0.2, 0) is 9.59 Å². The van der Waals surface area contributed by atoms with Crippen molar-refractivity contribution in [3.63, 3.8) is 0 Å². The number of thiazole rings is 1. The molecule has 4 rings (SSSR count). The number of halogens is 1. The number of aromatic nitrogens is 2. The van der Waals surface area contributed by atoms with E-state index in [4.69, 9.17) is 21.1 Å². The minimum Gasteiger partial charge on any atom is -0.495 e. The van der Waals surface area contributed by atoms with Crippen LogP contribution in [0.25, 0.3) is 11.3 Å². The van der Waals surface area contributed by atoms with Crippen LogP contribution in [0.4, 0.5) is 10.8 Å². The van der Waals surface area contributed by atoms with Crippen molar-refractivity contribution in [2.75, 3.05) is 31.0 Å². The first-order chi connectivity index (χ1) is 15.0. The van der Waals surface area contributed by atoms with Gasteiger partial charge >= 0.3 is 0 Å². The summed E-state index contributed by atoms with van der Waals surface area (Å²) in [6.07, 6.45) is 3.48. The van der Waals surface area contributed by atoms with Gasteiger partial charge in [-0.1, -0.05) is 11.6 Å². The molecular formula is C21H19ClN4O4S. The molecule has 2 aromatic heterocycles. The zero-order valence-corrected chi connectivity index (χ0v) is 18.4. The number of carbonyl (C=O) groups excluding carboxylic acids is 2. The Balaban J connectivity index is 1.48. The molecule has 3 aromatic rings. The largest absolute Gasteiger partial charge is 0.495 e. The third kappa shape index (κ3) is 4.33. The van der Waals surface area contributed by atoms with E-state index in [2.05, 4.69) is 15.3 Å². The number of nitrogens with one attached hydrogen (secondary N) is 1. The third-order valence-electron chi connectivity index (χ3n) is 4.93. The van der Waals surface area contributed by atoms with Gasteiger partial charge in [0.2, 0.25) is 11.8 Å². The lowest BCUT2D eigenvalue weighted by Gasteiger charge is -2.20. The molecule has 0 radical (unpaired) electrons. The number of benzene rings is 1. The van der Waals surface area contributed by atoms with Gasteiger partial charge in [0.05, 0.1) is 36.5 Å². The number of anilines is 2. The maximum absolute atomic E-state index is 12.8. The summed E-state index contributed by atoms with van der Waals surface area (Å²) in [6, 6.07) is 6.95. The molecule has 1 aromatic carbocycles. The van der Waals surface area contributed by atoms with E-state index >= 15 is 0 Å². The maximum atomic E-state index is 12.8. The fraction of sp³-hybridized carbons (Fsp3) is 0.238. The molecule has 1 N–H and O–H groups in total. The second-order valence-corrected chi connectivity index (χ2v) is 8.10. The first kappa shape index (κ1) is 21.1. The summed E-state index contributed by atoms with van der Waals surface area (Å²) >= 11 is 7.56. The summed E-state index contributed by atoms with van der Waals surface area (Å²) < 4.78 is 10.6. The second-order valence-electron chi connectivity index (χ2n) is 6.83. The van der Waals surface area contributed by atoms with Gasteiger partial charge in [0, 0.05) is 42.4 Å². The van der Waals surface area contributed by atoms with Gasteiger partial charge in [-0.2, -0.15) is 0 Å². The van der Waals surface area contributed by atoms with Gasteiger partial charge < -0.3 is 19.7 Å². The zero-order valence-electron chi connectivity index (χ0n) is 16.8. The van der Waals surface area contributed by atoms with Gasteiger partial charge in [-0.3, -0.25) is 14.6 Å². The molecule has 0 spiro atoms. The molecule has 10 heteroatoms. The summed E-state index contributed by atoms with van der Waals surface area (Å²) in [4.78, 5) is 35.5. The molecule has 1 atom stereocenters. The molecule has 1 saturated heterocycles. The number of amides is 2. The molecule has 0 aliphatic carbocycles. The SMILES string of the molecule is COc1cc(OC)c(N2C[C@@H](C(=O)Nc3nc(-c4cccnc4)cs3)CC2=O)cc1Cl. The Morgan fingerprint density at radius 2 is 2.10 bits per heavy atom. The van der Waals surface area contributed by atoms with Crippen molar-refractivity contribution in [1.29, 1.82) is 0 Å². The number of ether oxygens (including phenoxy) is 2. The lowest BCUT2D eigenvalue weighted by molar-refractivity contribution is -0.122. The van der Waals surface area contributed by atoms with Gasteiger partial charge in [0.15, 0.2) is 5.13 Å². The van der Waals surface area contributed by atoms with Crippen LogP contribution in [0.2, 0.25) is 5.02 Å². The van der Waals surface area contributed by atoms with E-state index in [-0.39, 0.29) is 24.8 Å². The Morgan fingerprint density at radius 1 is 1.29 bits per heavy atom. The highest BCUT2D eigenvalue weighted by Crippen LogP contribution is 2.40. The van der Waals surface area contributed by atoms with E-state index < -0.39 is 5.92 Å². The van der Waals surface area contributed by atoms with Crippen LogP contribution >= 0.6 is 22.9 Å². The molecule has 8 nitrogen and oxygen atoms in total. The molecule has 31 heavy (non-hydrogen) atoms. The van der Waals surface area contributed by atoms with Crippen LogP contribution < -0.4 is 19.7 Å². The Kier molecular flexibility index (Phi) is 6.06. The van der Waals surface area contributed by atoms with Gasteiger partial charge in [0.1, 0.15) is 11.5 Å². The first-order valence-corrected chi connectivity index (χ1v) is 10.6. The number of methoxy groups -OCH3 is 2. The van der Waals surface area contributed by atoms with E-state index in [0.717, 1.165) is 11.3 Å². The van der Waals surface area contributed by atoms with Gasteiger partial charge in [-0.15, -0.1) is 11.3 Å². The minimum absolute atomic E-state index is 0.0828. The smallest absolute Gasteiger partial charge is 0.231 e. The number of hydrogen-bond donors (Lipinski definition) is 1. The normalized spacial score (nSPS) is 15.8. The van der Waals surface area contributed by atoms with Crippen molar-refractivity contribution < 1.29 is 19.1 Å². The maximum Gasteiger partial charge on any atom is 0.231 e. The van der Waals surface area contributed by atoms with E-state index in [1.165, 1.54) is 30.5 Å². The van der Waals surface area contributed by atoms with Gasteiger partial charge in [-0.05, 0) is 18.2 Å². The Labute approximate surface area is 187 Å². The highest BCUT2D eigenvalue weighted by atomic mass is 35.5. The monoisotopic (exact) mass is 458 g/mol. The summed E-state index contributed by atoms with van der Waals surface area (Å²) in [5.41, 5.74) is 2.10. The second kappa shape index (κ2) is 8.91. The average Bonchev–Trinajstić information content (AvgIpc) is 3.41. The highest BCUT2D eigenvalue weighted by molar-refractivity contribution is 7.14. The molecule has 0 unspecified atom stereocenters. The number of pyridine rings is 1. The zero-order chi connectivity index (χ0) is 22.0. The number of hydrogen-bond acceptors (Lipinski definition) is 7. The highest BCUT2D eigenvalue weighted by Gasteiger charge is 2.37. The van der Waals surface area contributed by atoms with Gasteiger partial charge in [-0.25, -0.2) is 4.98 Å². The molecule has 160 valence electrons. The Morgan fingerprint density at radius 3 is 2.81 bits per heavy atom. The van der Waals surface area contributed by atoms with Crippen LogP contribution in [0.5, 0.6) is 11.5 Å². The summed E-state index contributed by atoms with van der Waals surface area (Å²) in [5, 5.41) is 5.49. The number of rotatable bonds is 6. The molecule has 1 fully saturated rings. The topological polar surface area (TPSA) is 93.7 Å². The van der Waals surface area contributed by atoms with E-state index in [1.54, 1.807) is 24.5 Å². The molecule has 3 heterocycles. The number of carbonyl (C=O) groups is 2. The summed E-state index contributed by atoms with van der Waals surface area (Å²) in [5.74, 6) is -0.0895. The molecule has 1 aliphatic rings. The average molecular weight is 459 g/mol. The van der Waals surface area contributed by atoms with Crippen LogP contribution in [0.1, 0.15) is 6.42 Å². The predicted octanol–water partition coefficient (Wildman–Crippen LogP) is 3.87. The summed E-state index contributed by atoms with van der Waals surface area (Å²) in [7, 11) is 3.00. The van der Waals surface area contributed by atoms with Crippen molar-refractivity contribution in [1.82, 2.24) is 9.97 Å². The lowest BCUT2D eigenvalue weighted by Crippen LogP contribution is -2.28. The van der Waals surface area contributed by atoms with Crippen LogP contribution in [0.3, 0.4) is 0 Å². The van der Waals surface area contributed by atoms with E-state index in [1.807, 2.05) is 17.5 Å². The van der Waals surface area contributed by atoms with E-state index in [9.17, 15) is 9.59 Å². The van der Waals surface area contributed by atoms with Crippen LogP contribution in [-0.4, -0.2) is 42.5 Å². The van der Waals surface area contributed by atoms with Crippen LogP contribution in [0.15, 0.2) is 42.0 Å². The Hall–Kier alpha value is -3.17. The number of nitrogens with zero attached hydrogens (tertiary/aromatic N) is 3. The molecule has 0 saturated carbocycles. The molecular weight excluding hydrogens is 440 g/mol. The molecule has 1 aliphatic heterocycles. The lowest BCUT2D eigenvalue weighted by atomic mass is 10.1. The third-order valence-corrected chi connectivity index (χ3v) is 5.98. The van der Waals surface area contributed by atoms with Crippen molar-refractivity contribution in [3.05, 3.63) is 47.1 Å². The minimum atomic E-state index is -0.524.